The van der Waals surface area contributed by atoms with Gasteiger partial charge in [-0.25, -0.2) is 13.9 Å². The largest absolute Gasteiger partial charge is 0.249 e. The summed E-state index contributed by atoms with van der Waals surface area (Å²) in [5, 5.41) is 0. The second-order valence-corrected chi connectivity index (χ2v) is 5.71. The highest BCUT2D eigenvalue weighted by Crippen LogP contribution is 2.31. The van der Waals surface area contributed by atoms with Gasteiger partial charge in [0.25, 0.3) is 0 Å². The smallest absolute Gasteiger partial charge is 0.191 e. The Bertz CT molecular complexity index is 717. The third-order valence-corrected chi connectivity index (χ3v) is 4.83. The van der Waals surface area contributed by atoms with Gasteiger partial charge in [0.2, 0.25) is 0 Å². The number of rotatable bonds is 2. The van der Waals surface area contributed by atoms with Gasteiger partial charge in [0.15, 0.2) is 11.4 Å². The zero-order valence-corrected chi connectivity index (χ0v) is 12.0. The van der Waals surface area contributed by atoms with Crippen molar-refractivity contribution in [2.75, 3.05) is 0 Å². The predicted octanol–water partition coefficient (Wildman–Crippen LogP) is 4.57. The van der Waals surface area contributed by atoms with Gasteiger partial charge in [-0.15, -0.1) is 0 Å². The van der Waals surface area contributed by atoms with E-state index >= 15 is 0 Å². The van der Waals surface area contributed by atoms with Crippen molar-refractivity contribution in [2.45, 2.75) is 23.6 Å². The molecular weight excluding hydrogens is 268 g/mol. The van der Waals surface area contributed by atoms with Crippen LogP contribution in [0.1, 0.15) is 11.1 Å². The topological polar surface area (TPSA) is 25.8 Å². The monoisotopic (exact) mass is 280 g/mol. The first-order valence-electron chi connectivity index (χ1n) is 5.96. The fourth-order valence-corrected chi connectivity index (χ4v) is 3.37. The van der Waals surface area contributed by atoms with E-state index in [9.17, 15) is 4.21 Å². The maximum atomic E-state index is 12.7. The molecule has 0 fully saturated rings. The van der Waals surface area contributed by atoms with Crippen molar-refractivity contribution >= 4 is 22.2 Å². The maximum Gasteiger partial charge on any atom is 0.191 e. The van der Waals surface area contributed by atoms with E-state index in [-0.39, 0.29) is 0 Å². The third kappa shape index (κ3) is 2.34. The molecule has 0 heterocycles. The molecule has 3 nitrogen and oxygen atoms in total. The number of nitrogens with zero attached hydrogens (tertiary/aromatic N) is 2. The fraction of sp³-hybridized carbons (Fsp3) is 0.125. The van der Waals surface area contributed by atoms with Crippen LogP contribution >= 0.6 is 0 Å². The Kier molecular flexibility index (Phi) is 3.98. The molecule has 0 bridgehead atoms. The molecule has 2 rings (SSSR count). The summed E-state index contributed by atoms with van der Waals surface area (Å²) in [5.74, 6) is 0. The maximum absolute atomic E-state index is 12.7. The second kappa shape index (κ2) is 5.69. The van der Waals surface area contributed by atoms with Crippen LogP contribution in [-0.4, -0.2) is 4.21 Å². The SMILES string of the molecule is [C-]#[N+]c1cccc(S(=O)c2cccc([N+]#[C-])c2C)c1C. The minimum Gasteiger partial charge on any atom is -0.249 e. The van der Waals surface area contributed by atoms with Gasteiger partial charge in [-0.05, 0) is 37.1 Å². The summed E-state index contributed by atoms with van der Waals surface area (Å²) in [6, 6.07) is 10.4. The second-order valence-electron chi connectivity index (χ2n) is 4.29. The highest BCUT2D eigenvalue weighted by Gasteiger charge is 2.15. The Morgan fingerprint density at radius 1 is 0.850 bits per heavy atom. The summed E-state index contributed by atoms with van der Waals surface area (Å²) >= 11 is 0. The van der Waals surface area contributed by atoms with E-state index < -0.39 is 10.8 Å². The van der Waals surface area contributed by atoms with Gasteiger partial charge in [-0.2, -0.15) is 0 Å². The molecule has 0 N–H and O–H groups in total. The molecule has 0 aliphatic carbocycles. The van der Waals surface area contributed by atoms with Crippen molar-refractivity contribution in [3.8, 4) is 0 Å². The van der Waals surface area contributed by atoms with E-state index in [0.717, 1.165) is 11.1 Å². The summed E-state index contributed by atoms with van der Waals surface area (Å²) in [7, 11) is -1.38. The Labute approximate surface area is 121 Å². The van der Waals surface area contributed by atoms with Crippen molar-refractivity contribution in [3.05, 3.63) is 70.4 Å². The molecule has 4 heteroatoms. The fourth-order valence-electron chi connectivity index (χ4n) is 1.97. The van der Waals surface area contributed by atoms with Gasteiger partial charge in [0.1, 0.15) is 0 Å². The lowest BCUT2D eigenvalue weighted by atomic mass is 10.2. The molecule has 0 radical (unpaired) electrons. The van der Waals surface area contributed by atoms with Crippen LogP contribution in [0.25, 0.3) is 9.69 Å². The van der Waals surface area contributed by atoms with Crippen LogP contribution in [0.15, 0.2) is 46.2 Å². The number of hydrogen-bond donors (Lipinski definition) is 0. The van der Waals surface area contributed by atoms with Crippen molar-refractivity contribution in [1.82, 2.24) is 0 Å². The van der Waals surface area contributed by atoms with E-state index in [1.807, 2.05) is 0 Å². The van der Waals surface area contributed by atoms with Crippen LogP contribution in [0.5, 0.6) is 0 Å². The minimum absolute atomic E-state index is 0.509. The van der Waals surface area contributed by atoms with Crippen molar-refractivity contribution < 1.29 is 4.21 Å². The lowest BCUT2D eigenvalue weighted by Gasteiger charge is -2.10. The molecule has 98 valence electrons. The van der Waals surface area contributed by atoms with Crippen LogP contribution < -0.4 is 0 Å². The van der Waals surface area contributed by atoms with Crippen molar-refractivity contribution in [3.63, 3.8) is 0 Å². The van der Waals surface area contributed by atoms with Gasteiger partial charge < -0.3 is 0 Å². The molecular formula is C16H12N2OS. The van der Waals surface area contributed by atoms with Gasteiger partial charge >= 0.3 is 0 Å². The summed E-state index contributed by atoms with van der Waals surface area (Å²) in [5.41, 5.74) is 2.48. The molecule has 0 saturated carbocycles. The Morgan fingerprint density at radius 2 is 1.25 bits per heavy atom. The van der Waals surface area contributed by atoms with E-state index in [4.69, 9.17) is 13.1 Å². The first kappa shape index (κ1) is 14.0. The van der Waals surface area contributed by atoms with E-state index in [1.54, 1.807) is 50.2 Å². The first-order chi connectivity index (χ1) is 9.60. The Balaban J connectivity index is 2.60. The highest BCUT2D eigenvalue weighted by molar-refractivity contribution is 7.85. The standard InChI is InChI=1S/C16H12N2OS/c1-11-13(17-3)7-5-9-15(11)20(19)16-10-6-8-14(18-4)12(16)2/h5-10H,1-2H3. The minimum atomic E-state index is -1.38. The molecule has 0 aliphatic rings. The van der Waals surface area contributed by atoms with Crippen LogP contribution in [0, 0.1) is 27.0 Å². The normalized spacial score (nSPS) is 10.1. The number of hydrogen-bond acceptors (Lipinski definition) is 1. The number of benzene rings is 2. The third-order valence-electron chi connectivity index (χ3n) is 3.15. The molecule has 2 aromatic carbocycles. The van der Waals surface area contributed by atoms with E-state index in [0.29, 0.717) is 21.2 Å². The average molecular weight is 280 g/mol. The molecule has 0 aromatic heterocycles. The lowest BCUT2D eigenvalue weighted by molar-refractivity contribution is 0.682. The zero-order valence-electron chi connectivity index (χ0n) is 11.2. The van der Waals surface area contributed by atoms with Crippen LogP contribution in [0.3, 0.4) is 0 Å². The average Bonchev–Trinajstić information content (AvgIpc) is 2.47. The van der Waals surface area contributed by atoms with Crippen molar-refractivity contribution in [2.24, 2.45) is 0 Å². The van der Waals surface area contributed by atoms with E-state index in [2.05, 4.69) is 9.69 Å². The Morgan fingerprint density at radius 3 is 1.60 bits per heavy atom. The van der Waals surface area contributed by atoms with Gasteiger partial charge in [-0.1, -0.05) is 24.3 Å². The van der Waals surface area contributed by atoms with Crippen molar-refractivity contribution in [1.29, 1.82) is 0 Å². The Hall–Kier alpha value is -2.43. The molecule has 20 heavy (non-hydrogen) atoms. The zero-order chi connectivity index (χ0) is 14.7. The summed E-state index contributed by atoms with van der Waals surface area (Å²) in [6.45, 7) is 17.8. The van der Waals surface area contributed by atoms with Crippen LogP contribution in [0.2, 0.25) is 0 Å². The molecule has 0 aliphatic heterocycles. The summed E-state index contributed by atoms with van der Waals surface area (Å²) in [4.78, 5) is 8.12. The highest BCUT2D eigenvalue weighted by atomic mass is 32.2. The molecule has 0 amide bonds. The van der Waals surface area contributed by atoms with Gasteiger partial charge in [0.05, 0.1) is 23.9 Å². The van der Waals surface area contributed by atoms with Gasteiger partial charge in [0, 0.05) is 9.79 Å². The van der Waals surface area contributed by atoms with E-state index in [1.165, 1.54) is 0 Å². The molecule has 0 unspecified atom stereocenters. The van der Waals surface area contributed by atoms with Crippen LogP contribution in [-0.2, 0) is 10.8 Å². The van der Waals surface area contributed by atoms with Gasteiger partial charge in [-0.3, -0.25) is 0 Å². The predicted molar refractivity (Wildman–Crippen MR) is 79.6 cm³/mol. The quantitative estimate of drug-likeness (QED) is 0.740. The molecule has 2 aromatic rings. The lowest BCUT2D eigenvalue weighted by Crippen LogP contribution is -1.98. The van der Waals surface area contributed by atoms with Crippen LogP contribution in [0.4, 0.5) is 11.4 Å². The first-order valence-corrected chi connectivity index (χ1v) is 7.11. The summed E-state index contributed by atoms with van der Waals surface area (Å²) < 4.78 is 12.7. The molecule has 0 spiro atoms. The summed E-state index contributed by atoms with van der Waals surface area (Å²) in [6.07, 6.45) is 0. The molecule has 0 atom stereocenters. The molecule has 0 saturated heterocycles.